The molecule has 0 spiro atoms. The molecule has 0 fully saturated rings. The predicted molar refractivity (Wildman–Crippen MR) is 104 cm³/mol. The predicted octanol–water partition coefficient (Wildman–Crippen LogP) is 3.58. The van der Waals surface area contributed by atoms with Gasteiger partial charge in [0.2, 0.25) is 5.90 Å². The lowest BCUT2D eigenvalue weighted by atomic mass is 9.99. The Morgan fingerprint density at radius 1 is 0.931 bits per heavy atom. The van der Waals surface area contributed by atoms with E-state index in [0.29, 0.717) is 28.1 Å². The van der Waals surface area contributed by atoms with Crippen LogP contribution in [0.4, 0.5) is 5.69 Å². The Kier molecular flexibility index (Phi) is 4.71. The molecule has 1 aliphatic heterocycles. The van der Waals surface area contributed by atoms with E-state index in [2.05, 4.69) is 11.1 Å². The van der Waals surface area contributed by atoms with E-state index in [0.717, 1.165) is 0 Å². The molecule has 0 saturated heterocycles. The molecule has 0 atom stereocenters. The van der Waals surface area contributed by atoms with Crippen molar-refractivity contribution in [1.82, 2.24) is 0 Å². The topological polar surface area (TPSA) is 112 Å². The Bertz CT molecular complexity index is 1180. The summed E-state index contributed by atoms with van der Waals surface area (Å²) in [6, 6.07) is 21.7. The third kappa shape index (κ3) is 3.41. The van der Waals surface area contributed by atoms with Crippen LogP contribution in [0, 0.1) is 11.3 Å². The summed E-state index contributed by atoms with van der Waals surface area (Å²) in [6.45, 7) is 0. The zero-order valence-corrected chi connectivity index (χ0v) is 15.0. The number of nitrogens with zero attached hydrogens (tertiary/aromatic N) is 3. The standard InChI is InChI=1S/C22H15N3O4/c23-13-18(14-9-11-15(12-10-14)25(27)28)21-17-6-2-4-8-20(17)29-22(24-21)16-5-1-3-7-19(16)26/h1-12,26-28H/p-1/b21-18-. The van der Waals surface area contributed by atoms with Crippen LogP contribution in [-0.4, -0.2) is 16.3 Å². The number of anilines is 1. The molecule has 7 nitrogen and oxygen atoms in total. The second-order valence-corrected chi connectivity index (χ2v) is 6.18. The van der Waals surface area contributed by atoms with Crippen LogP contribution in [0.1, 0.15) is 16.7 Å². The summed E-state index contributed by atoms with van der Waals surface area (Å²) in [5, 5.41) is 40.3. The highest BCUT2D eigenvalue weighted by Gasteiger charge is 2.23. The van der Waals surface area contributed by atoms with E-state index in [1.54, 1.807) is 54.6 Å². The summed E-state index contributed by atoms with van der Waals surface area (Å²) in [6.07, 6.45) is 0. The van der Waals surface area contributed by atoms with Gasteiger partial charge < -0.3 is 9.84 Å². The number of ether oxygens (including phenoxy) is 1. The second kappa shape index (κ2) is 7.48. The van der Waals surface area contributed by atoms with Gasteiger partial charge >= 0.3 is 0 Å². The van der Waals surface area contributed by atoms with Gasteiger partial charge in [0.1, 0.15) is 11.8 Å². The molecule has 7 heteroatoms. The maximum Gasteiger partial charge on any atom is 0.226 e. The van der Waals surface area contributed by atoms with Gasteiger partial charge in [-0.2, -0.15) is 5.26 Å². The molecule has 1 heterocycles. The molecule has 0 radical (unpaired) electrons. The first kappa shape index (κ1) is 18.3. The first-order valence-corrected chi connectivity index (χ1v) is 8.63. The number of hydrogen-bond acceptors (Lipinski definition) is 7. The third-order valence-corrected chi connectivity index (χ3v) is 4.42. The monoisotopic (exact) mass is 384 g/mol. The molecule has 0 bridgehead atoms. The Morgan fingerprint density at radius 2 is 1.59 bits per heavy atom. The average Bonchev–Trinajstić information content (AvgIpc) is 2.75. The van der Waals surface area contributed by atoms with Gasteiger partial charge in [-0.25, -0.2) is 4.99 Å². The number of para-hydroxylation sites is 2. The maximum atomic E-state index is 12.3. The Balaban J connectivity index is 1.92. The van der Waals surface area contributed by atoms with Crippen molar-refractivity contribution in [2.45, 2.75) is 0 Å². The van der Waals surface area contributed by atoms with Crippen molar-refractivity contribution >= 4 is 22.9 Å². The van der Waals surface area contributed by atoms with Crippen molar-refractivity contribution in [2.75, 3.05) is 5.23 Å². The van der Waals surface area contributed by atoms with Gasteiger partial charge in [0.25, 0.3) is 0 Å². The summed E-state index contributed by atoms with van der Waals surface area (Å²) in [5.74, 6) is 0.362. The molecule has 2 N–H and O–H groups in total. The quantitative estimate of drug-likeness (QED) is 0.527. The molecule has 3 aromatic rings. The first-order chi connectivity index (χ1) is 14.1. The highest BCUT2D eigenvalue weighted by molar-refractivity contribution is 6.08. The highest BCUT2D eigenvalue weighted by Crippen LogP contribution is 2.38. The highest BCUT2D eigenvalue weighted by atomic mass is 16.8. The average molecular weight is 384 g/mol. The van der Waals surface area contributed by atoms with Gasteiger partial charge in [-0.1, -0.05) is 54.3 Å². The van der Waals surface area contributed by atoms with E-state index >= 15 is 0 Å². The minimum atomic E-state index is -0.237. The molecule has 29 heavy (non-hydrogen) atoms. The van der Waals surface area contributed by atoms with Gasteiger partial charge in [-0.05, 0) is 29.8 Å². The number of hydrogen-bond donors (Lipinski definition) is 2. The molecule has 0 unspecified atom stereocenters. The van der Waals surface area contributed by atoms with Crippen molar-refractivity contribution in [1.29, 1.82) is 5.26 Å². The summed E-state index contributed by atoms with van der Waals surface area (Å²) in [4.78, 5) is 4.50. The SMILES string of the molecule is N#C/C(=C1/N=C(c2ccccc2[O-])Oc2ccccc21)c1ccc(N(O)O)cc1. The smallest absolute Gasteiger partial charge is 0.226 e. The van der Waals surface area contributed by atoms with Crippen LogP contribution >= 0.6 is 0 Å². The van der Waals surface area contributed by atoms with E-state index in [4.69, 9.17) is 15.2 Å². The zero-order valence-electron chi connectivity index (χ0n) is 15.0. The molecule has 3 aromatic carbocycles. The lowest BCUT2D eigenvalue weighted by molar-refractivity contribution is -0.268. The first-order valence-electron chi connectivity index (χ1n) is 8.63. The van der Waals surface area contributed by atoms with Crippen molar-refractivity contribution in [2.24, 2.45) is 4.99 Å². The van der Waals surface area contributed by atoms with Crippen LogP contribution < -0.4 is 15.1 Å². The summed E-state index contributed by atoms with van der Waals surface area (Å²) >= 11 is 0. The van der Waals surface area contributed by atoms with Crippen LogP contribution in [0.2, 0.25) is 0 Å². The summed E-state index contributed by atoms with van der Waals surface area (Å²) in [7, 11) is 0. The fourth-order valence-corrected chi connectivity index (χ4v) is 3.00. The maximum absolute atomic E-state index is 12.3. The number of allylic oxidation sites excluding steroid dienone is 1. The van der Waals surface area contributed by atoms with Gasteiger partial charge in [0.05, 0.1) is 17.0 Å². The van der Waals surface area contributed by atoms with Gasteiger partial charge in [-0.3, -0.25) is 10.4 Å². The van der Waals surface area contributed by atoms with Gasteiger partial charge in [0.15, 0.2) is 0 Å². The minimum Gasteiger partial charge on any atom is -0.872 e. The Morgan fingerprint density at radius 3 is 2.24 bits per heavy atom. The number of fused-ring (bicyclic) bond motifs is 1. The fourth-order valence-electron chi connectivity index (χ4n) is 3.00. The number of aliphatic imine (C=N–C) groups is 1. The molecule has 0 amide bonds. The summed E-state index contributed by atoms with van der Waals surface area (Å²) < 4.78 is 5.84. The normalized spacial score (nSPS) is 14.2. The molecule has 142 valence electrons. The number of rotatable bonds is 3. The van der Waals surface area contributed by atoms with E-state index in [9.17, 15) is 10.4 Å². The molecular formula is C22H14N3O4-. The van der Waals surface area contributed by atoms with Crippen molar-refractivity contribution < 1.29 is 20.3 Å². The van der Waals surface area contributed by atoms with Crippen LogP contribution in [0.25, 0.3) is 11.3 Å². The number of benzene rings is 3. The molecule has 0 aromatic heterocycles. The van der Waals surface area contributed by atoms with E-state index < -0.39 is 0 Å². The molecule has 0 aliphatic carbocycles. The zero-order chi connectivity index (χ0) is 20.4. The Hall–Kier alpha value is -4.12. The second-order valence-electron chi connectivity index (χ2n) is 6.18. The largest absolute Gasteiger partial charge is 0.872 e. The molecule has 0 saturated carbocycles. The van der Waals surface area contributed by atoms with Crippen LogP contribution in [0.3, 0.4) is 0 Å². The fraction of sp³-hybridized carbons (Fsp3) is 0. The lowest BCUT2D eigenvalue weighted by Crippen LogP contribution is -2.17. The van der Waals surface area contributed by atoms with Crippen molar-refractivity contribution in [3.8, 4) is 17.6 Å². The number of nitriles is 1. The van der Waals surface area contributed by atoms with Gasteiger partial charge in [0, 0.05) is 11.1 Å². The van der Waals surface area contributed by atoms with E-state index in [1.165, 1.54) is 18.2 Å². The van der Waals surface area contributed by atoms with Crippen LogP contribution in [0.5, 0.6) is 11.5 Å². The Labute approximate surface area is 166 Å². The van der Waals surface area contributed by atoms with Gasteiger partial charge in [-0.15, -0.1) is 5.23 Å². The molecule has 1 aliphatic rings. The van der Waals surface area contributed by atoms with Crippen molar-refractivity contribution in [3.63, 3.8) is 0 Å². The van der Waals surface area contributed by atoms with E-state index in [1.807, 2.05) is 0 Å². The van der Waals surface area contributed by atoms with Crippen LogP contribution in [0.15, 0.2) is 77.8 Å². The van der Waals surface area contributed by atoms with Crippen molar-refractivity contribution in [3.05, 3.63) is 89.5 Å². The lowest BCUT2D eigenvalue weighted by Gasteiger charge is -2.22. The van der Waals surface area contributed by atoms with Crippen LogP contribution in [-0.2, 0) is 0 Å². The molecular weight excluding hydrogens is 370 g/mol. The third-order valence-electron chi connectivity index (χ3n) is 4.42. The summed E-state index contributed by atoms with van der Waals surface area (Å²) in [5.41, 5.74) is 2.21. The van der Waals surface area contributed by atoms with E-state index in [-0.39, 0.29) is 28.1 Å². The minimum absolute atomic E-state index is 0.00580. The molecule has 4 rings (SSSR count).